The molecular formula is C13H12Cl2N2O. The van der Waals surface area contributed by atoms with Crippen molar-refractivity contribution in [2.45, 2.75) is 32.1 Å². The second-order valence-corrected chi connectivity index (χ2v) is 5.29. The van der Waals surface area contributed by atoms with Crippen molar-refractivity contribution in [3.05, 3.63) is 33.8 Å². The molecule has 1 aliphatic carbocycles. The highest BCUT2D eigenvalue weighted by atomic mass is 35.5. The minimum absolute atomic E-state index is 0.507. The highest BCUT2D eigenvalue weighted by molar-refractivity contribution is 6.38. The fourth-order valence-electron chi connectivity index (χ4n) is 2.16. The van der Waals surface area contributed by atoms with Crippen LogP contribution in [0, 0.1) is 0 Å². The van der Waals surface area contributed by atoms with Crippen molar-refractivity contribution in [1.82, 2.24) is 10.1 Å². The number of rotatable bonds is 3. The Labute approximate surface area is 115 Å². The first-order chi connectivity index (χ1) is 8.72. The zero-order chi connectivity index (χ0) is 12.7. The van der Waals surface area contributed by atoms with E-state index in [1.54, 1.807) is 12.4 Å². The summed E-state index contributed by atoms with van der Waals surface area (Å²) < 4.78 is 5.49. The molecule has 2 aromatic heterocycles. The molecule has 0 spiro atoms. The molecule has 0 saturated heterocycles. The molecule has 0 N–H and O–H groups in total. The zero-order valence-corrected chi connectivity index (χ0v) is 11.4. The van der Waals surface area contributed by atoms with Gasteiger partial charge in [-0.2, -0.15) is 0 Å². The fraction of sp³-hybridized carbons (Fsp3) is 0.385. The predicted molar refractivity (Wildman–Crippen MR) is 71.1 cm³/mol. The Kier molecular flexibility index (Phi) is 3.04. The summed E-state index contributed by atoms with van der Waals surface area (Å²) in [5.74, 6) is 1.53. The highest BCUT2D eigenvalue weighted by Gasteiger charge is 2.32. The van der Waals surface area contributed by atoms with Crippen LogP contribution in [0.4, 0.5) is 0 Å². The Bertz CT molecular complexity index is 570. The normalized spacial score (nSPS) is 15.1. The van der Waals surface area contributed by atoms with Crippen molar-refractivity contribution >= 4 is 23.2 Å². The standard InChI is InChI=1S/C13H12Cl2N2O/c1-2-8-12(17-18-13(8)7-3-4-7)11-9(14)5-16-6-10(11)15/h5-7H,2-4H2,1H3. The van der Waals surface area contributed by atoms with Crippen LogP contribution in [0.15, 0.2) is 16.9 Å². The maximum atomic E-state index is 6.17. The van der Waals surface area contributed by atoms with Gasteiger partial charge in [-0.1, -0.05) is 35.3 Å². The quantitative estimate of drug-likeness (QED) is 0.833. The van der Waals surface area contributed by atoms with Gasteiger partial charge in [-0.05, 0) is 19.3 Å². The lowest BCUT2D eigenvalue weighted by Crippen LogP contribution is -1.91. The SMILES string of the molecule is CCc1c(-c2c(Cl)cncc2Cl)noc1C1CC1. The first-order valence-electron chi connectivity index (χ1n) is 6.00. The molecule has 1 fully saturated rings. The number of pyridine rings is 1. The molecule has 0 radical (unpaired) electrons. The van der Waals surface area contributed by atoms with Crippen molar-refractivity contribution in [3.8, 4) is 11.3 Å². The van der Waals surface area contributed by atoms with Crippen LogP contribution in [-0.4, -0.2) is 10.1 Å². The van der Waals surface area contributed by atoms with Crippen LogP contribution in [-0.2, 0) is 6.42 Å². The molecule has 2 heterocycles. The Morgan fingerprint density at radius 2 is 1.94 bits per heavy atom. The summed E-state index contributed by atoms with van der Waals surface area (Å²) in [7, 11) is 0. The summed E-state index contributed by atoms with van der Waals surface area (Å²) >= 11 is 12.3. The van der Waals surface area contributed by atoms with Crippen LogP contribution in [0.25, 0.3) is 11.3 Å². The summed E-state index contributed by atoms with van der Waals surface area (Å²) in [5.41, 5.74) is 2.60. The molecule has 0 atom stereocenters. The van der Waals surface area contributed by atoms with Crippen molar-refractivity contribution < 1.29 is 4.52 Å². The first-order valence-corrected chi connectivity index (χ1v) is 6.75. The summed E-state index contributed by atoms with van der Waals surface area (Å²) in [6.45, 7) is 2.09. The van der Waals surface area contributed by atoms with Crippen molar-refractivity contribution in [3.63, 3.8) is 0 Å². The molecule has 0 bridgehead atoms. The average molecular weight is 283 g/mol. The Hall–Kier alpha value is -1.06. The lowest BCUT2D eigenvalue weighted by Gasteiger charge is -2.04. The average Bonchev–Trinajstić information content (AvgIpc) is 3.10. The van der Waals surface area contributed by atoms with Crippen LogP contribution in [0.5, 0.6) is 0 Å². The molecule has 1 saturated carbocycles. The molecule has 5 heteroatoms. The summed E-state index contributed by atoms with van der Waals surface area (Å²) in [6.07, 6.45) is 6.37. The Morgan fingerprint density at radius 3 is 2.50 bits per heavy atom. The number of aromatic nitrogens is 2. The van der Waals surface area contributed by atoms with E-state index in [-0.39, 0.29) is 0 Å². The van der Waals surface area contributed by atoms with Gasteiger partial charge in [0, 0.05) is 29.4 Å². The van der Waals surface area contributed by atoms with Crippen LogP contribution in [0.3, 0.4) is 0 Å². The fourth-order valence-corrected chi connectivity index (χ4v) is 2.71. The monoisotopic (exact) mass is 282 g/mol. The maximum Gasteiger partial charge on any atom is 0.143 e. The molecule has 0 aliphatic heterocycles. The van der Waals surface area contributed by atoms with E-state index in [4.69, 9.17) is 27.7 Å². The first kappa shape index (κ1) is 12.0. The Balaban J connectivity index is 2.16. The largest absolute Gasteiger partial charge is 0.360 e. The molecule has 2 aromatic rings. The second-order valence-electron chi connectivity index (χ2n) is 4.48. The van der Waals surface area contributed by atoms with Crippen molar-refractivity contribution in [2.75, 3.05) is 0 Å². The third kappa shape index (κ3) is 1.91. The molecule has 0 unspecified atom stereocenters. The highest BCUT2D eigenvalue weighted by Crippen LogP contribution is 2.45. The van der Waals surface area contributed by atoms with Crippen LogP contribution >= 0.6 is 23.2 Å². The van der Waals surface area contributed by atoms with E-state index in [1.807, 2.05) is 0 Å². The van der Waals surface area contributed by atoms with E-state index in [0.29, 0.717) is 16.0 Å². The van der Waals surface area contributed by atoms with Crippen molar-refractivity contribution in [1.29, 1.82) is 0 Å². The maximum absolute atomic E-state index is 6.17. The van der Waals surface area contributed by atoms with Gasteiger partial charge in [0.1, 0.15) is 11.5 Å². The minimum Gasteiger partial charge on any atom is -0.360 e. The van der Waals surface area contributed by atoms with Crippen LogP contribution < -0.4 is 0 Å². The number of nitrogens with zero attached hydrogens (tertiary/aromatic N) is 2. The summed E-state index contributed by atoms with van der Waals surface area (Å²) in [4.78, 5) is 3.96. The molecule has 94 valence electrons. The molecule has 0 aromatic carbocycles. The van der Waals surface area contributed by atoms with Gasteiger partial charge in [0.05, 0.1) is 10.0 Å². The predicted octanol–water partition coefficient (Wildman–Crippen LogP) is 4.48. The van der Waals surface area contributed by atoms with E-state index < -0.39 is 0 Å². The van der Waals surface area contributed by atoms with E-state index in [0.717, 1.165) is 29.0 Å². The number of halogens is 2. The second kappa shape index (κ2) is 4.56. The van der Waals surface area contributed by atoms with Gasteiger partial charge < -0.3 is 4.52 Å². The zero-order valence-electron chi connectivity index (χ0n) is 9.91. The summed E-state index contributed by atoms with van der Waals surface area (Å²) in [6, 6.07) is 0. The van der Waals surface area contributed by atoms with Gasteiger partial charge in [0.15, 0.2) is 0 Å². The van der Waals surface area contributed by atoms with E-state index in [2.05, 4.69) is 17.1 Å². The van der Waals surface area contributed by atoms with Gasteiger partial charge in [0.25, 0.3) is 0 Å². The van der Waals surface area contributed by atoms with Gasteiger partial charge >= 0.3 is 0 Å². The number of hydrogen-bond acceptors (Lipinski definition) is 3. The topological polar surface area (TPSA) is 38.9 Å². The van der Waals surface area contributed by atoms with E-state index in [9.17, 15) is 0 Å². The minimum atomic E-state index is 0.507. The van der Waals surface area contributed by atoms with Gasteiger partial charge in [-0.25, -0.2) is 0 Å². The third-order valence-corrected chi connectivity index (χ3v) is 3.78. The van der Waals surface area contributed by atoms with Gasteiger partial charge in [-0.3, -0.25) is 4.98 Å². The van der Waals surface area contributed by atoms with Crippen molar-refractivity contribution in [2.24, 2.45) is 0 Å². The lowest BCUT2D eigenvalue weighted by molar-refractivity contribution is 0.385. The third-order valence-electron chi connectivity index (χ3n) is 3.21. The summed E-state index contributed by atoms with van der Waals surface area (Å²) in [5, 5.41) is 5.18. The molecule has 3 rings (SSSR count). The smallest absolute Gasteiger partial charge is 0.143 e. The number of hydrogen-bond donors (Lipinski definition) is 0. The van der Waals surface area contributed by atoms with Crippen LogP contribution in [0.1, 0.15) is 37.0 Å². The van der Waals surface area contributed by atoms with E-state index >= 15 is 0 Å². The van der Waals surface area contributed by atoms with E-state index in [1.165, 1.54) is 12.8 Å². The van der Waals surface area contributed by atoms with Gasteiger partial charge in [0.2, 0.25) is 0 Å². The van der Waals surface area contributed by atoms with Crippen LogP contribution in [0.2, 0.25) is 10.0 Å². The Morgan fingerprint density at radius 1 is 1.28 bits per heavy atom. The molecule has 1 aliphatic rings. The lowest BCUT2D eigenvalue weighted by atomic mass is 10.0. The molecule has 18 heavy (non-hydrogen) atoms. The molecule has 3 nitrogen and oxygen atoms in total. The van der Waals surface area contributed by atoms with Gasteiger partial charge in [-0.15, -0.1) is 0 Å². The molecular weight excluding hydrogens is 271 g/mol. The molecule has 0 amide bonds.